The maximum atomic E-state index is 13.0. The lowest BCUT2D eigenvalue weighted by Gasteiger charge is -2.05. The second-order valence-corrected chi connectivity index (χ2v) is 4.75. The molecule has 0 aromatic heterocycles. The second kappa shape index (κ2) is 7.94. The fourth-order valence-electron chi connectivity index (χ4n) is 1.31. The standard InChI is InChI=1S/C12H17FN2O2S/c1-17-4-2-3-15-12(16)8-18-11-6-9(13)5-10(14)7-11/h5-7H,2-4,8,14H2,1H3,(H,15,16). The third-order valence-corrected chi connectivity index (χ3v) is 3.09. The molecule has 0 heterocycles. The van der Waals surface area contributed by atoms with Gasteiger partial charge in [0.1, 0.15) is 5.82 Å². The van der Waals surface area contributed by atoms with Gasteiger partial charge in [0.15, 0.2) is 0 Å². The number of methoxy groups -OCH3 is 1. The van der Waals surface area contributed by atoms with Gasteiger partial charge in [-0.05, 0) is 24.6 Å². The van der Waals surface area contributed by atoms with Crippen LogP contribution in [0.2, 0.25) is 0 Å². The van der Waals surface area contributed by atoms with E-state index >= 15 is 0 Å². The van der Waals surface area contributed by atoms with E-state index in [-0.39, 0.29) is 11.7 Å². The number of carbonyl (C=O) groups excluding carboxylic acids is 1. The van der Waals surface area contributed by atoms with Crippen molar-refractivity contribution < 1.29 is 13.9 Å². The molecule has 100 valence electrons. The molecule has 0 saturated heterocycles. The van der Waals surface area contributed by atoms with Gasteiger partial charge in [-0.3, -0.25) is 4.79 Å². The van der Waals surface area contributed by atoms with Gasteiger partial charge in [-0.1, -0.05) is 0 Å². The largest absolute Gasteiger partial charge is 0.399 e. The Hall–Kier alpha value is -1.27. The first-order valence-corrected chi connectivity index (χ1v) is 6.55. The zero-order valence-corrected chi connectivity index (χ0v) is 11.1. The van der Waals surface area contributed by atoms with Crippen LogP contribution in [-0.4, -0.2) is 31.9 Å². The highest BCUT2D eigenvalue weighted by Gasteiger charge is 2.04. The molecule has 1 amide bonds. The van der Waals surface area contributed by atoms with Gasteiger partial charge in [-0.25, -0.2) is 4.39 Å². The average Bonchev–Trinajstić information content (AvgIpc) is 2.31. The molecule has 3 N–H and O–H groups in total. The van der Waals surface area contributed by atoms with E-state index < -0.39 is 5.82 Å². The number of amides is 1. The number of benzene rings is 1. The highest BCUT2D eigenvalue weighted by atomic mass is 32.2. The van der Waals surface area contributed by atoms with Crippen LogP contribution >= 0.6 is 11.8 Å². The molecule has 0 aliphatic heterocycles. The van der Waals surface area contributed by atoms with Crippen molar-refractivity contribution in [3.63, 3.8) is 0 Å². The number of carbonyl (C=O) groups is 1. The number of nitrogens with two attached hydrogens (primary N) is 1. The molecule has 4 nitrogen and oxygen atoms in total. The topological polar surface area (TPSA) is 64.3 Å². The van der Waals surface area contributed by atoms with Crippen molar-refractivity contribution in [2.75, 3.05) is 31.7 Å². The lowest BCUT2D eigenvalue weighted by Crippen LogP contribution is -2.26. The van der Waals surface area contributed by atoms with Gasteiger partial charge in [0, 0.05) is 30.8 Å². The summed E-state index contributed by atoms with van der Waals surface area (Å²) >= 11 is 1.26. The molecule has 0 radical (unpaired) electrons. The van der Waals surface area contributed by atoms with Gasteiger partial charge in [-0.15, -0.1) is 11.8 Å². The molecule has 0 aliphatic rings. The van der Waals surface area contributed by atoms with Crippen molar-refractivity contribution in [1.82, 2.24) is 5.32 Å². The normalized spacial score (nSPS) is 10.3. The Kier molecular flexibility index (Phi) is 6.53. The number of anilines is 1. The fourth-order valence-corrected chi connectivity index (χ4v) is 2.13. The average molecular weight is 272 g/mol. The van der Waals surface area contributed by atoms with E-state index in [9.17, 15) is 9.18 Å². The Balaban J connectivity index is 2.29. The maximum absolute atomic E-state index is 13.0. The van der Waals surface area contributed by atoms with Crippen molar-refractivity contribution in [3.05, 3.63) is 24.0 Å². The molecule has 1 aromatic carbocycles. The second-order valence-electron chi connectivity index (χ2n) is 3.71. The van der Waals surface area contributed by atoms with Crippen molar-refractivity contribution in [2.24, 2.45) is 0 Å². The molecular formula is C12H17FN2O2S. The van der Waals surface area contributed by atoms with Crippen LogP contribution in [0.4, 0.5) is 10.1 Å². The van der Waals surface area contributed by atoms with Crippen LogP contribution in [0.25, 0.3) is 0 Å². The summed E-state index contributed by atoms with van der Waals surface area (Å²) in [7, 11) is 1.62. The molecule has 18 heavy (non-hydrogen) atoms. The van der Waals surface area contributed by atoms with Gasteiger partial charge in [-0.2, -0.15) is 0 Å². The summed E-state index contributed by atoms with van der Waals surface area (Å²) in [6, 6.07) is 4.25. The molecule has 0 bridgehead atoms. The van der Waals surface area contributed by atoms with E-state index in [1.807, 2.05) is 0 Å². The number of hydrogen-bond donors (Lipinski definition) is 2. The smallest absolute Gasteiger partial charge is 0.230 e. The zero-order valence-electron chi connectivity index (χ0n) is 10.2. The Morgan fingerprint density at radius 3 is 2.94 bits per heavy atom. The van der Waals surface area contributed by atoms with Gasteiger partial charge in [0.25, 0.3) is 0 Å². The molecule has 0 spiro atoms. The molecule has 1 aromatic rings. The van der Waals surface area contributed by atoms with Crippen LogP contribution in [0.3, 0.4) is 0 Å². The number of hydrogen-bond acceptors (Lipinski definition) is 4. The van der Waals surface area contributed by atoms with E-state index in [1.165, 1.54) is 23.9 Å². The minimum Gasteiger partial charge on any atom is -0.399 e. The first kappa shape index (κ1) is 14.8. The third kappa shape index (κ3) is 5.88. The fraction of sp³-hybridized carbons (Fsp3) is 0.417. The van der Waals surface area contributed by atoms with Gasteiger partial charge < -0.3 is 15.8 Å². The van der Waals surface area contributed by atoms with Gasteiger partial charge in [0.05, 0.1) is 5.75 Å². The number of nitrogen functional groups attached to an aromatic ring is 1. The van der Waals surface area contributed by atoms with Crippen LogP contribution in [0, 0.1) is 5.82 Å². The molecule has 0 atom stereocenters. The molecule has 0 aliphatic carbocycles. The highest BCUT2D eigenvalue weighted by Crippen LogP contribution is 2.21. The van der Waals surface area contributed by atoms with E-state index in [4.69, 9.17) is 10.5 Å². The van der Waals surface area contributed by atoms with Crippen LogP contribution in [0.1, 0.15) is 6.42 Å². The predicted octanol–water partition coefficient (Wildman–Crippen LogP) is 1.65. The minimum atomic E-state index is -0.391. The minimum absolute atomic E-state index is 0.0843. The van der Waals surface area contributed by atoms with Gasteiger partial charge >= 0.3 is 0 Å². The molecule has 1 rings (SSSR count). The summed E-state index contributed by atoms with van der Waals surface area (Å²) in [6.45, 7) is 1.20. The third-order valence-electron chi connectivity index (χ3n) is 2.11. The first-order valence-electron chi connectivity index (χ1n) is 5.56. The summed E-state index contributed by atoms with van der Waals surface area (Å²) in [4.78, 5) is 12.1. The molecule has 0 saturated carbocycles. The van der Waals surface area contributed by atoms with Crippen molar-refractivity contribution in [2.45, 2.75) is 11.3 Å². The number of thioether (sulfide) groups is 1. The Labute approximate surface area is 110 Å². The summed E-state index contributed by atoms with van der Waals surface area (Å²) in [5.74, 6) is -0.229. The molecule has 0 unspecified atom stereocenters. The number of rotatable bonds is 7. The van der Waals surface area contributed by atoms with Crippen LogP contribution in [0.5, 0.6) is 0 Å². The number of ether oxygens (including phenoxy) is 1. The quantitative estimate of drug-likeness (QED) is 0.450. The molecule has 6 heteroatoms. The van der Waals surface area contributed by atoms with Gasteiger partial charge in [0.2, 0.25) is 5.91 Å². The van der Waals surface area contributed by atoms with Crippen molar-refractivity contribution in [1.29, 1.82) is 0 Å². The SMILES string of the molecule is COCCCNC(=O)CSc1cc(N)cc(F)c1. The van der Waals surface area contributed by atoms with Crippen molar-refractivity contribution >= 4 is 23.4 Å². The summed E-state index contributed by atoms with van der Waals surface area (Å²) in [5, 5.41) is 2.75. The molecule has 0 fully saturated rings. The van der Waals surface area contributed by atoms with Crippen LogP contribution in [-0.2, 0) is 9.53 Å². The predicted molar refractivity (Wildman–Crippen MR) is 71.0 cm³/mol. The van der Waals surface area contributed by atoms with Crippen LogP contribution < -0.4 is 11.1 Å². The summed E-state index contributed by atoms with van der Waals surface area (Å²) < 4.78 is 17.9. The van der Waals surface area contributed by atoms with Crippen molar-refractivity contribution in [3.8, 4) is 0 Å². The first-order chi connectivity index (χ1) is 8.61. The monoisotopic (exact) mass is 272 g/mol. The molecular weight excluding hydrogens is 255 g/mol. The lowest BCUT2D eigenvalue weighted by atomic mass is 10.3. The van der Waals surface area contributed by atoms with E-state index in [1.54, 1.807) is 13.2 Å². The van der Waals surface area contributed by atoms with E-state index in [0.717, 1.165) is 6.42 Å². The zero-order chi connectivity index (χ0) is 13.4. The summed E-state index contributed by atoms with van der Waals surface area (Å²) in [6.07, 6.45) is 0.778. The number of nitrogens with one attached hydrogen (secondary N) is 1. The van der Waals surface area contributed by atoms with Crippen LogP contribution in [0.15, 0.2) is 23.1 Å². The summed E-state index contributed by atoms with van der Waals surface area (Å²) in [5.41, 5.74) is 5.87. The Morgan fingerprint density at radius 2 is 2.28 bits per heavy atom. The Bertz CT molecular complexity index is 381. The Morgan fingerprint density at radius 1 is 1.50 bits per heavy atom. The maximum Gasteiger partial charge on any atom is 0.230 e. The van der Waals surface area contributed by atoms with E-state index in [0.29, 0.717) is 23.7 Å². The number of halogens is 1. The van der Waals surface area contributed by atoms with E-state index in [2.05, 4.69) is 5.32 Å². The lowest BCUT2D eigenvalue weighted by molar-refractivity contribution is -0.118. The highest BCUT2D eigenvalue weighted by molar-refractivity contribution is 8.00.